The lowest BCUT2D eigenvalue weighted by Crippen LogP contribution is -2.50. The number of rotatable bonds is 3. The van der Waals surface area contributed by atoms with Gasteiger partial charge in [-0.3, -0.25) is 9.59 Å². The molecule has 0 spiro atoms. The quantitative estimate of drug-likeness (QED) is 0.899. The number of para-hydroxylation sites is 1. The van der Waals surface area contributed by atoms with Crippen LogP contribution in [0.25, 0.3) is 5.69 Å². The van der Waals surface area contributed by atoms with E-state index >= 15 is 0 Å². The van der Waals surface area contributed by atoms with Gasteiger partial charge in [0.05, 0.1) is 16.9 Å². The van der Waals surface area contributed by atoms with Crippen LogP contribution in [0.15, 0.2) is 36.5 Å². The monoisotopic (exact) mass is 340 g/mol. The zero-order chi connectivity index (χ0) is 18.0. The highest BCUT2D eigenvalue weighted by atomic mass is 16.2. The fourth-order valence-corrected chi connectivity index (χ4v) is 2.95. The summed E-state index contributed by atoms with van der Waals surface area (Å²) in [4.78, 5) is 24.7. The van der Waals surface area contributed by atoms with Crippen molar-refractivity contribution in [2.24, 2.45) is 0 Å². The van der Waals surface area contributed by atoms with E-state index in [2.05, 4.69) is 15.7 Å². The van der Waals surface area contributed by atoms with Crippen LogP contribution >= 0.6 is 0 Å². The van der Waals surface area contributed by atoms with Gasteiger partial charge in [0.2, 0.25) is 5.91 Å². The Balaban J connectivity index is 1.92. The fourth-order valence-electron chi connectivity index (χ4n) is 2.95. The Kier molecular flexibility index (Phi) is 4.61. The number of nitrogens with one attached hydrogen (secondary N) is 2. The molecule has 0 aliphatic carbocycles. The molecule has 1 fully saturated rings. The fraction of sp³-hybridized carbons (Fsp3) is 0.421. The van der Waals surface area contributed by atoms with Crippen LogP contribution in [0.4, 0.5) is 0 Å². The van der Waals surface area contributed by atoms with Crippen LogP contribution in [0.1, 0.15) is 49.7 Å². The number of hydrogen-bond donors (Lipinski definition) is 2. The minimum absolute atomic E-state index is 0.118. The molecule has 2 amide bonds. The Hall–Kier alpha value is -2.63. The zero-order valence-corrected chi connectivity index (χ0v) is 14.9. The summed E-state index contributed by atoms with van der Waals surface area (Å²) in [5.74, 6) is -0.374. The average molecular weight is 340 g/mol. The predicted molar refractivity (Wildman–Crippen MR) is 95.8 cm³/mol. The van der Waals surface area contributed by atoms with E-state index in [1.165, 1.54) is 0 Å². The lowest BCUT2D eigenvalue weighted by molar-refractivity contribution is -0.124. The van der Waals surface area contributed by atoms with Crippen LogP contribution in [0.5, 0.6) is 0 Å². The highest BCUT2D eigenvalue weighted by Crippen LogP contribution is 2.26. The van der Waals surface area contributed by atoms with E-state index in [9.17, 15) is 9.59 Å². The summed E-state index contributed by atoms with van der Waals surface area (Å²) in [6, 6.07) is 9.20. The van der Waals surface area contributed by atoms with Crippen molar-refractivity contribution in [1.82, 2.24) is 20.4 Å². The van der Waals surface area contributed by atoms with Gasteiger partial charge in [0.1, 0.15) is 6.04 Å². The molecule has 1 aromatic carbocycles. The van der Waals surface area contributed by atoms with Gasteiger partial charge in [0.25, 0.3) is 5.91 Å². The molecule has 0 saturated carbocycles. The molecule has 1 aliphatic rings. The third-order valence-corrected chi connectivity index (χ3v) is 4.28. The molecule has 0 radical (unpaired) electrons. The molecule has 1 aromatic heterocycles. The highest BCUT2D eigenvalue weighted by molar-refractivity contribution is 5.98. The number of carbonyl (C=O) groups excluding carboxylic acids is 2. The van der Waals surface area contributed by atoms with Crippen molar-refractivity contribution in [3.63, 3.8) is 0 Å². The molecular weight excluding hydrogens is 316 g/mol. The second-order valence-corrected chi connectivity index (χ2v) is 7.38. The molecule has 1 saturated heterocycles. The zero-order valence-electron chi connectivity index (χ0n) is 14.9. The molecule has 0 bridgehead atoms. The largest absolute Gasteiger partial charge is 0.354 e. The van der Waals surface area contributed by atoms with E-state index in [4.69, 9.17) is 0 Å². The van der Waals surface area contributed by atoms with Gasteiger partial charge in [-0.05, 0) is 25.0 Å². The van der Waals surface area contributed by atoms with Crippen LogP contribution in [0.3, 0.4) is 0 Å². The summed E-state index contributed by atoms with van der Waals surface area (Å²) in [5.41, 5.74) is 1.82. The van der Waals surface area contributed by atoms with Gasteiger partial charge >= 0.3 is 0 Å². The molecule has 132 valence electrons. The Morgan fingerprint density at radius 2 is 2.00 bits per heavy atom. The van der Waals surface area contributed by atoms with E-state index in [0.29, 0.717) is 24.2 Å². The van der Waals surface area contributed by atoms with Gasteiger partial charge in [-0.2, -0.15) is 5.10 Å². The van der Waals surface area contributed by atoms with Crippen molar-refractivity contribution < 1.29 is 9.59 Å². The first kappa shape index (κ1) is 17.2. The Labute approximate surface area is 147 Å². The number of benzene rings is 1. The summed E-state index contributed by atoms with van der Waals surface area (Å²) in [6.07, 6.45) is 3.27. The van der Waals surface area contributed by atoms with Gasteiger partial charge in [0.15, 0.2) is 0 Å². The molecule has 25 heavy (non-hydrogen) atoms. The molecule has 1 aliphatic heterocycles. The third kappa shape index (κ3) is 3.73. The first-order valence-electron chi connectivity index (χ1n) is 8.60. The summed E-state index contributed by atoms with van der Waals surface area (Å²) in [6.45, 7) is 6.74. The van der Waals surface area contributed by atoms with Crippen LogP contribution in [-0.4, -0.2) is 34.2 Å². The van der Waals surface area contributed by atoms with Gasteiger partial charge in [-0.25, -0.2) is 4.68 Å². The summed E-state index contributed by atoms with van der Waals surface area (Å²) >= 11 is 0. The second kappa shape index (κ2) is 6.70. The molecule has 2 heterocycles. The number of nitrogens with zero attached hydrogens (tertiary/aromatic N) is 2. The normalized spacial score (nSPS) is 17.9. The van der Waals surface area contributed by atoms with Gasteiger partial charge in [0, 0.05) is 18.2 Å². The summed E-state index contributed by atoms with van der Waals surface area (Å²) in [7, 11) is 0. The maximum absolute atomic E-state index is 12.8. The highest BCUT2D eigenvalue weighted by Gasteiger charge is 2.30. The number of amides is 2. The van der Waals surface area contributed by atoms with E-state index < -0.39 is 6.04 Å². The van der Waals surface area contributed by atoms with Crippen molar-refractivity contribution in [2.45, 2.75) is 45.1 Å². The van der Waals surface area contributed by atoms with E-state index in [0.717, 1.165) is 12.1 Å². The lowest BCUT2D eigenvalue weighted by Gasteiger charge is -2.23. The minimum Gasteiger partial charge on any atom is -0.354 e. The van der Waals surface area contributed by atoms with E-state index in [-0.39, 0.29) is 17.2 Å². The lowest BCUT2D eigenvalue weighted by atomic mass is 9.89. The van der Waals surface area contributed by atoms with Crippen molar-refractivity contribution >= 4 is 11.8 Å². The van der Waals surface area contributed by atoms with Crippen LogP contribution < -0.4 is 10.6 Å². The average Bonchev–Trinajstić information content (AvgIpc) is 3.04. The van der Waals surface area contributed by atoms with Gasteiger partial charge in [-0.15, -0.1) is 0 Å². The summed E-state index contributed by atoms with van der Waals surface area (Å²) < 4.78 is 1.72. The minimum atomic E-state index is -0.478. The number of aromatic nitrogens is 2. The second-order valence-electron chi connectivity index (χ2n) is 7.38. The maximum Gasteiger partial charge on any atom is 0.255 e. The van der Waals surface area contributed by atoms with Crippen LogP contribution in [0.2, 0.25) is 0 Å². The van der Waals surface area contributed by atoms with E-state index in [1.54, 1.807) is 10.9 Å². The number of piperidine rings is 1. The smallest absolute Gasteiger partial charge is 0.255 e. The van der Waals surface area contributed by atoms with Crippen molar-refractivity contribution in [3.8, 4) is 5.69 Å². The first-order valence-corrected chi connectivity index (χ1v) is 8.60. The van der Waals surface area contributed by atoms with E-state index in [1.807, 2.05) is 51.1 Å². The Morgan fingerprint density at radius 1 is 1.28 bits per heavy atom. The number of hydrogen-bond acceptors (Lipinski definition) is 3. The molecule has 1 atom stereocenters. The van der Waals surface area contributed by atoms with Crippen molar-refractivity contribution in [3.05, 3.63) is 47.8 Å². The van der Waals surface area contributed by atoms with Crippen molar-refractivity contribution in [2.75, 3.05) is 6.54 Å². The molecule has 3 rings (SSSR count). The Morgan fingerprint density at radius 3 is 2.64 bits per heavy atom. The van der Waals surface area contributed by atoms with Gasteiger partial charge in [-0.1, -0.05) is 39.0 Å². The SMILES string of the molecule is CC(C)(C)c1nn(-c2ccccc2)cc1C(=O)N[C@H]1CCCNC1=O. The van der Waals surface area contributed by atoms with Crippen LogP contribution in [0, 0.1) is 0 Å². The molecular formula is C19H24N4O2. The molecule has 6 nitrogen and oxygen atoms in total. The Bertz CT molecular complexity index is 774. The number of carbonyl (C=O) groups is 2. The maximum atomic E-state index is 12.8. The van der Waals surface area contributed by atoms with Crippen molar-refractivity contribution in [1.29, 1.82) is 0 Å². The molecule has 6 heteroatoms. The topological polar surface area (TPSA) is 76.0 Å². The van der Waals surface area contributed by atoms with Gasteiger partial charge < -0.3 is 10.6 Å². The predicted octanol–water partition coefficient (Wildman–Crippen LogP) is 2.18. The summed E-state index contributed by atoms with van der Waals surface area (Å²) in [5, 5.41) is 10.3. The van der Waals surface area contributed by atoms with Crippen LogP contribution in [-0.2, 0) is 10.2 Å². The molecule has 2 N–H and O–H groups in total. The molecule has 2 aromatic rings. The molecule has 0 unspecified atom stereocenters. The standard InChI is InChI=1S/C19H24N4O2/c1-19(2,3)16-14(12-23(22-16)13-8-5-4-6-9-13)17(24)21-15-10-7-11-20-18(15)25/h4-6,8-9,12,15H,7,10-11H2,1-3H3,(H,20,25)(H,21,24)/t15-/m0/s1. The third-order valence-electron chi connectivity index (χ3n) is 4.28. The first-order chi connectivity index (χ1) is 11.9.